The zero-order chi connectivity index (χ0) is 27.9. The number of aryl methyl sites for hydroxylation is 2. The van der Waals surface area contributed by atoms with Gasteiger partial charge in [0.15, 0.2) is 17.3 Å². The zero-order valence-corrected chi connectivity index (χ0v) is 23.8. The summed E-state index contributed by atoms with van der Waals surface area (Å²) in [4.78, 5) is 16.8. The van der Waals surface area contributed by atoms with E-state index in [9.17, 15) is 4.79 Å². The second kappa shape index (κ2) is 12.9. The summed E-state index contributed by atoms with van der Waals surface area (Å²) in [7, 11) is 0. The van der Waals surface area contributed by atoms with Crippen molar-refractivity contribution in [3.05, 3.63) is 58.7 Å². The lowest BCUT2D eigenvalue weighted by molar-refractivity contribution is -0.114. The fourth-order valence-corrected chi connectivity index (χ4v) is 4.64. The number of hydrogen-bond donors (Lipinski definition) is 1. The summed E-state index contributed by atoms with van der Waals surface area (Å²) >= 11 is 1.33. The van der Waals surface area contributed by atoms with Gasteiger partial charge in [0.2, 0.25) is 5.17 Å². The quantitative estimate of drug-likeness (QED) is 0.277. The van der Waals surface area contributed by atoms with Crippen LogP contribution in [0.4, 0.5) is 0 Å². The lowest BCUT2D eigenvalue weighted by Gasteiger charge is -2.20. The van der Waals surface area contributed by atoms with E-state index in [-0.39, 0.29) is 17.3 Å². The fraction of sp³-hybridized carbons (Fsp3) is 0.379. The molecule has 0 bridgehead atoms. The minimum atomic E-state index is -0.462. The number of benzene rings is 2. The highest BCUT2D eigenvalue weighted by Crippen LogP contribution is 2.33. The van der Waals surface area contributed by atoms with Crippen LogP contribution in [-0.4, -0.2) is 60.0 Å². The van der Waals surface area contributed by atoms with E-state index in [1.54, 1.807) is 18.2 Å². The van der Waals surface area contributed by atoms with Crippen molar-refractivity contribution in [2.45, 2.75) is 34.6 Å². The first-order valence-corrected chi connectivity index (χ1v) is 13.8. The molecule has 0 aliphatic carbocycles. The second-order valence-electron chi connectivity index (χ2n) is 9.31. The molecule has 0 saturated heterocycles. The topological polar surface area (TPSA) is 106 Å². The maximum Gasteiger partial charge on any atom is 0.283 e. The number of thioether (sulfide) groups is 1. The first kappa shape index (κ1) is 28.4. The zero-order valence-electron chi connectivity index (χ0n) is 22.9. The molecule has 0 spiro atoms. The third-order valence-corrected chi connectivity index (χ3v) is 7.21. The van der Waals surface area contributed by atoms with Crippen molar-refractivity contribution in [2.75, 3.05) is 33.0 Å². The van der Waals surface area contributed by atoms with Crippen molar-refractivity contribution in [3.8, 4) is 17.2 Å². The number of carbonyl (C=O) groups excluding carboxylic acids is 1. The standard InChI is InChI=1S/C29H34N4O5S/c1-6-36-25-17-21(16-23-26(30)33-29(31-27(23)34)39-28(32-33)18(2)3)8-10-24(25)38-14-12-35-11-13-37-22-9-7-19(4)20(5)15-22/h7-10,15-18,30H,6,11-14H2,1-5H3. The third-order valence-electron chi connectivity index (χ3n) is 6.00. The number of amides is 1. The Morgan fingerprint density at radius 1 is 0.974 bits per heavy atom. The van der Waals surface area contributed by atoms with Gasteiger partial charge < -0.3 is 18.9 Å². The van der Waals surface area contributed by atoms with Crippen molar-refractivity contribution in [2.24, 2.45) is 16.0 Å². The molecule has 1 N–H and O–H groups in total. The van der Waals surface area contributed by atoms with E-state index < -0.39 is 5.91 Å². The molecule has 0 aromatic heterocycles. The SMILES string of the molecule is CCOc1cc(C=C2C(=N)N3N=C(C(C)C)SC3=NC2=O)ccc1OCCOCCOc1ccc(C)c(C)c1. The van der Waals surface area contributed by atoms with Gasteiger partial charge in [-0.1, -0.05) is 26.0 Å². The van der Waals surface area contributed by atoms with Gasteiger partial charge in [-0.25, -0.2) is 0 Å². The predicted molar refractivity (Wildman–Crippen MR) is 155 cm³/mol. The molecule has 0 atom stereocenters. The van der Waals surface area contributed by atoms with E-state index in [0.29, 0.717) is 55.3 Å². The van der Waals surface area contributed by atoms with E-state index in [4.69, 9.17) is 24.4 Å². The normalized spacial score (nSPS) is 15.9. The maximum atomic E-state index is 12.7. The lowest BCUT2D eigenvalue weighted by atomic mass is 10.1. The Bertz CT molecular complexity index is 1330. The van der Waals surface area contributed by atoms with Gasteiger partial charge in [0.05, 0.1) is 25.4 Å². The van der Waals surface area contributed by atoms with Crippen LogP contribution in [0.2, 0.25) is 0 Å². The molecule has 1 amide bonds. The highest BCUT2D eigenvalue weighted by atomic mass is 32.2. The van der Waals surface area contributed by atoms with E-state index in [1.165, 1.54) is 27.9 Å². The summed E-state index contributed by atoms with van der Waals surface area (Å²) in [6, 6.07) is 11.4. The molecule has 9 nitrogen and oxygen atoms in total. The Hall–Kier alpha value is -3.63. The van der Waals surface area contributed by atoms with Crippen molar-refractivity contribution >= 4 is 39.8 Å². The number of ether oxygens (including phenoxy) is 4. The molecule has 2 aliphatic rings. The van der Waals surface area contributed by atoms with Gasteiger partial charge in [-0.3, -0.25) is 10.2 Å². The second-order valence-corrected chi connectivity index (χ2v) is 10.3. The molecule has 2 aromatic carbocycles. The molecular formula is C29H34N4O5S. The number of hydrogen-bond acceptors (Lipinski definition) is 8. The number of nitrogens with one attached hydrogen (secondary N) is 1. The Labute approximate surface area is 233 Å². The molecule has 0 fully saturated rings. The number of fused-ring (bicyclic) bond motifs is 1. The Kier molecular flexibility index (Phi) is 9.42. The molecule has 0 unspecified atom stereocenters. The van der Waals surface area contributed by atoms with Crippen LogP contribution in [-0.2, 0) is 9.53 Å². The van der Waals surface area contributed by atoms with Gasteiger partial charge in [-0.2, -0.15) is 15.1 Å². The van der Waals surface area contributed by atoms with Gasteiger partial charge in [-0.05, 0) is 79.6 Å². The molecule has 39 heavy (non-hydrogen) atoms. The van der Waals surface area contributed by atoms with Crippen LogP contribution in [0, 0.1) is 25.2 Å². The summed E-state index contributed by atoms with van der Waals surface area (Å²) in [5.74, 6) is 1.67. The highest BCUT2D eigenvalue weighted by Gasteiger charge is 2.36. The van der Waals surface area contributed by atoms with Crippen molar-refractivity contribution in [1.29, 1.82) is 5.41 Å². The number of carbonyl (C=O) groups is 1. The van der Waals surface area contributed by atoms with E-state index >= 15 is 0 Å². The smallest absolute Gasteiger partial charge is 0.283 e. The first-order chi connectivity index (χ1) is 18.8. The van der Waals surface area contributed by atoms with E-state index in [0.717, 1.165) is 10.8 Å². The number of nitrogens with zero attached hydrogens (tertiary/aromatic N) is 3. The molecule has 2 heterocycles. The lowest BCUT2D eigenvalue weighted by Crippen LogP contribution is -2.35. The van der Waals surface area contributed by atoms with Gasteiger partial charge in [-0.15, -0.1) is 0 Å². The van der Waals surface area contributed by atoms with E-state index in [1.807, 2.05) is 45.0 Å². The van der Waals surface area contributed by atoms with Crippen LogP contribution in [0.15, 0.2) is 52.1 Å². The molecule has 2 aromatic rings. The molecular weight excluding hydrogens is 516 g/mol. The fourth-order valence-electron chi connectivity index (χ4n) is 3.74. The molecule has 0 saturated carbocycles. The average molecular weight is 551 g/mol. The van der Waals surface area contributed by atoms with Gasteiger partial charge >= 0.3 is 0 Å². The summed E-state index contributed by atoms with van der Waals surface area (Å²) in [5.41, 5.74) is 3.29. The molecule has 4 rings (SSSR count). The van der Waals surface area contributed by atoms with Crippen LogP contribution in [0.1, 0.15) is 37.5 Å². The first-order valence-electron chi connectivity index (χ1n) is 12.9. The number of aliphatic imine (C=N–C) groups is 1. The molecule has 2 aliphatic heterocycles. The van der Waals surface area contributed by atoms with Crippen LogP contribution >= 0.6 is 11.8 Å². The minimum Gasteiger partial charge on any atom is -0.491 e. The van der Waals surface area contributed by atoms with Crippen molar-refractivity contribution in [3.63, 3.8) is 0 Å². The number of hydrazone groups is 1. The number of amidine groups is 2. The average Bonchev–Trinajstić information content (AvgIpc) is 3.34. The summed E-state index contributed by atoms with van der Waals surface area (Å²) in [5, 5.41) is 15.7. The van der Waals surface area contributed by atoms with Gasteiger partial charge in [0, 0.05) is 5.92 Å². The third kappa shape index (κ3) is 7.07. The van der Waals surface area contributed by atoms with E-state index in [2.05, 4.69) is 23.9 Å². The monoisotopic (exact) mass is 550 g/mol. The van der Waals surface area contributed by atoms with Crippen LogP contribution < -0.4 is 14.2 Å². The summed E-state index contributed by atoms with van der Waals surface area (Å²) in [6.07, 6.45) is 1.63. The van der Waals surface area contributed by atoms with Crippen molar-refractivity contribution < 1.29 is 23.7 Å². The minimum absolute atomic E-state index is 0.00470. The van der Waals surface area contributed by atoms with Gasteiger partial charge in [0.25, 0.3) is 5.91 Å². The molecule has 206 valence electrons. The van der Waals surface area contributed by atoms with Gasteiger partial charge in [0.1, 0.15) is 24.0 Å². The van der Waals surface area contributed by atoms with Crippen molar-refractivity contribution in [1.82, 2.24) is 5.01 Å². The highest BCUT2D eigenvalue weighted by molar-refractivity contribution is 8.27. The molecule has 0 radical (unpaired) electrons. The largest absolute Gasteiger partial charge is 0.491 e. The Morgan fingerprint density at radius 3 is 2.46 bits per heavy atom. The predicted octanol–water partition coefficient (Wildman–Crippen LogP) is 5.45. The maximum absolute atomic E-state index is 12.7. The summed E-state index contributed by atoms with van der Waals surface area (Å²) < 4.78 is 23.0. The van der Waals surface area contributed by atoms with Crippen LogP contribution in [0.25, 0.3) is 6.08 Å². The Balaban J connectivity index is 1.32. The number of rotatable bonds is 12. The molecule has 10 heteroatoms. The summed E-state index contributed by atoms with van der Waals surface area (Å²) in [6.45, 7) is 12.1. The Morgan fingerprint density at radius 2 is 1.74 bits per heavy atom. The van der Waals surface area contributed by atoms with Crippen LogP contribution in [0.3, 0.4) is 0 Å². The van der Waals surface area contributed by atoms with Crippen LogP contribution in [0.5, 0.6) is 17.2 Å².